The molecule has 0 saturated carbocycles. The van der Waals surface area contributed by atoms with Crippen LogP contribution in [0, 0.1) is 0 Å². The van der Waals surface area contributed by atoms with Crippen molar-refractivity contribution in [1.82, 2.24) is 5.32 Å². The molecule has 4 aromatic carbocycles. The van der Waals surface area contributed by atoms with Crippen LogP contribution in [0.15, 0.2) is 133 Å². The molecular weight excluding hydrogens is 751 g/mol. The first-order chi connectivity index (χ1) is 30.1. The number of carbonyl (C=O) groups is 2. The van der Waals surface area contributed by atoms with Gasteiger partial charge in [-0.1, -0.05) is 245 Å². The van der Waals surface area contributed by atoms with Crippen LogP contribution in [0.4, 0.5) is 0 Å². The molecule has 0 aliphatic rings. The Morgan fingerprint density at radius 2 is 0.918 bits per heavy atom. The van der Waals surface area contributed by atoms with Crippen molar-refractivity contribution in [3.8, 4) is 0 Å². The van der Waals surface area contributed by atoms with Gasteiger partial charge < -0.3 is 14.8 Å². The fraction of sp³-hybridized carbons (Fsp3) is 0.500. The first kappa shape index (κ1) is 49.2. The average molecular weight is 828 g/mol. The zero-order valence-corrected chi connectivity index (χ0v) is 37.8. The zero-order valence-electron chi connectivity index (χ0n) is 37.8. The van der Waals surface area contributed by atoms with E-state index in [1.165, 1.54) is 103 Å². The Morgan fingerprint density at radius 1 is 0.525 bits per heavy atom. The van der Waals surface area contributed by atoms with E-state index in [1.807, 2.05) is 78.9 Å². The highest BCUT2D eigenvalue weighted by molar-refractivity contribution is 5.89. The van der Waals surface area contributed by atoms with Gasteiger partial charge in [0, 0.05) is 6.42 Å². The van der Waals surface area contributed by atoms with Gasteiger partial charge in [-0.25, -0.2) is 4.79 Å². The van der Waals surface area contributed by atoms with Crippen LogP contribution in [0.1, 0.15) is 182 Å². The maximum atomic E-state index is 13.9. The average Bonchev–Trinajstić information content (AvgIpc) is 3.30. The molecule has 4 aromatic rings. The van der Waals surface area contributed by atoms with Crippen molar-refractivity contribution in [3.05, 3.63) is 156 Å². The Balaban J connectivity index is 1.55. The summed E-state index contributed by atoms with van der Waals surface area (Å²) in [6, 6.07) is 39.3. The molecule has 1 N–H and O–H groups in total. The molecule has 5 heteroatoms. The van der Waals surface area contributed by atoms with E-state index in [0.29, 0.717) is 12.0 Å². The van der Waals surface area contributed by atoms with Crippen LogP contribution in [0.2, 0.25) is 0 Å². The molecule has 0 radical (unpaired) electrons. The summed E-state index contributed by atoms with van der Waals surface area (Å²) in [6.07, 6.45) is 29.4. The molecule has 0 aliphatic carbocycles. The molecule has 0 fully saturated rings. The smallest absolute Gasteiger partial charge is 0.338 e. The van der Waals surface area contributed by atoms with E-state index in [0.717, 1.165) is 48.8 Å². The first-order valence-electron chi connectivity index (χ1n) is 24.1. The number of hydrogen-bond donors (Lipinski definition) is 1. The summed E-state index contributed by atoms with van der Waals surface area (Å²) in [7, 11) is 0. The molecule has 0 saturated heterocycles. The molecule has 1 amide bonds. The van der Waals surface area contributed by atoms with Crippen LogP contribution >= 0.6 is 0 Å². The van der Waals surface area contributed by atoms with Crippen molar-refractivity contribution in [2.24, 2.45) is 0 Å². The van der Waals surface area contributed by atoms with Gasteiger partial charge in [-0.2, -0.15) is 0 Å². The van der Waals surface area contributed by atoms with Gasteiger partial charge in [-0.3, -0.25) is 4.79 Å². The van der Waals surface area contributed by atoms with Crippen molar-refractivity contribution < 1.29 is 19.1 Å². The highest BCUT2D eigenvalue weighted by Crippen LogP contribution is 2.40. The van der Waals surface area contributed by atoms with Gasteiger partial charge in [0.05, 0.1) is 18.2 Å². The van der Waals surface area contributed by atoms with Gasteiger partial charge in [-0.05, 0) is 54.2 Å². The second-order valence-corrected chi connectivity index (χ2v) is 16.8. The van der Waals surface area contributed by atoms with E-state index in [9.17, 15) is 9.59 Å². The molecule has 0 spiro atoms. The molecule has 2 atom stereocenters. The number of carbonyl (C=O) groups excluding carboxylic acids is 2. The largest absolute Gasteiger partial charge is 0.452 e. The minimum atomic E-state index is -1.00. The quantitative estimate of drug-likeness (QED) is 0.0225. The van der Waals surface area contributed by atoms with Gasteiger partial charge in [0.25, 0.3) is 0 Å². The molecule has 4 rings (SSSR count). The Morgan fingerprint density at radius 3 is 1.36 bits per heavy atom. The number of ether oxygens (including phenoxy) is 2. The van der Waals surface area contributed by atoms with Crippen molar-refractivity contribution in [1.29, 1.82) is 0 Å². The fourth-order valence-corrected chi connectivity index (χ4v) is 8.26. The number of esters is 1. The number of rotatable bonds is 33. The maximum Gasteiger partial charge on any atom is 0.338 e. The molecule has 330 valence electrons. The number of unbranched alkanes of at least 4 members (excludes halogenated alkanes) is 19. The maximum absolute atomic E-state index is 13.9. The summed E-state index contributed by atoms with van der Waals surface area (Å²) in [6.45, 7) is 4.62. The van der Waals surface area contributed by atoms with Gasteiger partial charge in [0.15, 0.2) is 0 Å². The normalized spacial score (nSPS) is 12.6. The van der Waals surface area contributed by atoms with Crippen LogP contribution in [0.3, 0.4) is 0 Å². The third-order valence-corrected chi connectivity index (χ3v) is 11.8. The highest BCUT2D eigenvalue weighted by Gasteiger charge is 2.39. The Hall–Kier alpha value is -4.48. The highest BCUT2D eigenvalue weighted by atomic mass is 16.5. The second-order valence-electron chi connectivity index (χ2n) is 16.8. The van der Waals surface area contributed by atoms with Crippen LogP contribution in [0.5, 0.6) is 0 Å². The lowest BCUT2D eigenvalue weighted by molar-refractivity contribution is -0.124. The first-order valence-corrected chi connectivity index (χ1v) is 24.1. The summed E-state index contributed by atoms with van der Waals surface area (Å²) >= 11 is 0. The Labute approximate surface area is 370 Å². The lowest BCUT2D eigenvalue weighted by Gasteiger charge is -2.38. The van der Waals surface area contributed by atoms with Crippen molar-refractivity contribution in [2.75, 3.05) is 6.61 Å². The number of allylic oxidation sites excluding steroid dienone is 1. The summed E-state index contributed by atoms with van der Waals surface area (Å²) in [5.41, 5.74) is 2.38. The number of benzene rings is 4. The molecule has 0 bridgehead atoms. The van der Waals surface area contributed by atoms with E-state index < -0.39 is 23.7 Å². The summed E-state index contributed by atoms with van der Waals surface area (Å²) in [5.74, 6) is -0.482. The van der Waals surface area contributed by atoms with Crippen molar-refractivity contribution in [3.63, 3.8) is 0 Å². The van der Waals surface area contributed by atoms with E-state index in [4.69, 9.17) is 9.47 Å². The summed E-state index contributed by atoms with van der Waals surface area (Å²) in [5, 5.41) is 3.33. The van der Waals surface area contributed by atoms with Gasteiger partial charge in [0.1, 0.15) is 11.7 Å². The molecule has 5 nitrogen and oxygen atoms in total. The SMILES string of the molecule is CCCCCCCCCCCCCC=C[C@@H](OC(=O)c1ccccc1)[C@H](COC(c1ccccc1)(c1ccccc1)c1ccccc1)NC(=O)CCCCCCCCCCC. The Bertz CT molecular complexity index is 1630. The zero-order chi connectivity index (χ0) is 43.1. The third kappa shape index (κ3) is 18.2. The van der Waals surface area contributed by atoms with Crippen molar-refractivity contribution >= 4 is 11.9 Å². The van der Waals surface area contributed by atoms with Crippen LogP contribution in [0.25, 0.3) is 0 Å². The van der Waals surface area contributed by atoms with Crippen LogP contribution in [-0.2, 0) is 19.9 Å². The van der Waals surface area contributed by atoms with Crippen molar-refractivity contribution in [2.45, 2.75) is 173 Å². The monoisotopic (exact) mass is 828 g/mol. The fourth-order valence-electron chi connectivity index (χ4n) is 8.26. The molecule has 0 aromatic heterocycles. The van der Waals surface area contributed by atoms with Gasteiger partial charge in [-0.15, -0.1) is 0 Å². The minimum absolute atomic E-state index is 0.0548. The molecule has 0 unspecified atom stereocenters. The lowest BCUT2D eigenvalue weighted by Crippen LogP contribution is -2.49. The molecular formula is C56H77NO4. The minimum Gasteiger partial charge on any atom is -0.452 e. The van der Waals surface area contributed by atoms with Gasteiger partial charge in [0.2, 0.25) is 5.91 Å². The van der Waals surface area contributed by atoms with Crippen LogP contribution < -0.4 is 5.32 Å². The van der Waals surface area contributed by atoms with E-state index >= 15 is 0 Å². The van der Waals surface area contributed by atoms with E-state index in [1.54, 1.807) is 12.1 Å². The molecule has 0 heterocycles. The summed E-state index contributed by atoms with van der Waals surface area (Å²) in [4.78, 5) is 27.7. The Kier molecular flexibility index (Phi) is 24.6. The number of amides is 1. The number of nitrogens with one attached hydrogen (secondary N) is 1. The predicted octanol–water partition coefficient (Wildman–Crippen LogP) is 14.9. The second kappa shape index (κ2) is 30.5. The van der Waals surface area contributed by atoms with Gasteiger partial charge >= 0.3 is 5.97 Å². The van der Waals surface area contributed by atoms with E-state index in [2.05, 4.69) is 61.6 Å². The van der Waals surface area contributed by atoms with Crippen LogP contribution in [-0.4, -0.2) is 30.6 Å². The summed E-state index contributed by atoms with van der Waals surface area (Å²) < 4.78 is 13.7. The predicted molar refractivity (Wildman–Crippen MR) is 255 cm³/mol. The number of hydrogen-bond acceptors (Lipinski definition) is 4. The standard InChI is InChI=1S/C56H77NO4/c1-3-5-7-9-11-13-14-15-16-18-19-21-35-45-53(61-55(59)48-37-27-23-28-38-48)52(57-54(58)46-36-22-20-17-12-10-8-6-4-2)47-60-56(49-39-29-24-30-40-49,50-41-31-25-32-42-50)51-43-33-26-34-44-51/h23-35,37-45,52-53H,3-22,36,46-47H2,1-2H3,(H,57,58)/t52-,53+/m0/s1. The molecule has 61 heavy (non-hydrogen) atoms. The topological polar surface area (TPSA) is 64.6 Å². The van der Waals surface area contributed by atoms with E-state index in [-0.39, 0.29) is 12.5 Å². The molecule has 0 aliphatic heterocycles. The lowest BCUT2D eigenvalue weighted by atomic mass is 9.80. The third-order valence-electron chi connectivity index (χ3n) is 11.8.